The average Bonchev–Trinajstić information content (AvgIpc) is 3.37. The van der Waals surface area contributed by atoms with E-state index in [1.807, 2.05) is 42.2 Å². The molecule has 2 aromatic rings. The molecule has 1 saturated heterocycles. The van der Waals surface area contributed by atoms with Gasteiger partial charge in [0.15, 0.2) is 5.17 Å². The minimum Gasteiger partial charge on any atom is -0.469 e. The van der Waals surface area contributed by atoms with Crippen LogP contribution in [0.5, 0.6) is 0 Å². The summed E-state index contributed by atoms with van der Waals surface area (Å²) in [4.78, 5) is 60.7. The van der Waals surface area contributed by atoms with Gasteiger partial charge in [-0.3, -0.25) is 24.2 Å². The topological polar surface area (TPSA) is 153 Å². The van der Waals surface area contributed by atoms with E-state index in [0.29, 0.717) is 48.1 Å². The third-order valence-electron chi connectivity index (χ3n) is 8.01. The fraction of sp³-hybridized carbons (Fsp3) is 0.471. The van der Waals surface area contributed by atoms with Gasteiger partial charge in [-0.25, -0.2) is 0 Å². The van der Waals surface area contributed by atoms with Crippen LogP contribution in [0.1, 0.15) is 79.8 Å². The van der Waals surface area contributed by atoms with Crippen molar-refractivity contribution in [2.75, 3.05) is 20.2 Å². The molecule has 11 nitrogen and oxygen atoms in total. The third-order valence-corrected chi connectivity index (χ3v) is 9.41. The highest BCUT2D eigenvalue weighted by molar-refractivity contribution is 8.15. The zero-order valence-corrected chi connectivity index (χ0v) is 27.3. The van der Waals surface area contributed by atoms with E-state index in [-0.39, 0.29) is 37.0 Å². The van der Waals surface area contributed by atoms with Gasteiger partial charge < -0.3 is 25.4 Å². The number of aliphatic imine (C=N–C) groups is 2. The lowest BCUT2D eigenvalue weighted by atomic mass is 9.98. The highest BCUT2D eigenvalue weighted by Crippen LogP contribution is 2.33. The van der Waals surface area contributed by atoms with Crippen molar-refractivity contribution >= 4 is 46.5 Å². The number of hydrogen-bond donors (Lipinski definition) is 2. The molecule has 1 aliphatic heterocycles. The minimum absolute atomic E-state index is 0.0500. The van der Waals surface area contributed by atoms with Crippen molar-refractivity contribution < 1.29 is 28.7 Å². The number of carbonyl (C=O) groups is 4. The molecular formula is C34H43N5O6S. The number of carbonyl (C=O) groups excluding carboxylic acids is 4. The normalized spacial score (nSPS) is 19.6. The molecule has 246 valence electrons. The van der Waals surface area contributed by atoms with E-state index in [1.54, 1.807) is 24.3 Å². The Balaban J connectivity index is 1.36. The van der Waals surface area contributed by atoms with Crippen LogP contribution in [0, 0.1) is 0 Å². The first-order valence-electron chi connectivity index (χ1n) is 15.8. The van der Waals surface area contributed by atoms with Crippen LogP contribution in [0.25, 0.3) is 0 Å². The van der Waals surface area contributed by atoms with Gasteiger partial charge in [-0.15, -0.1) is 0 Å². The van der Waals surface area contributed by atoms with Crippen molar-refractivity contribution in [2.45, 2.75) is 82.2 Å². The van der Waals surface area contributed by atoms with Crippen LogP contribution in [0.2, 0.25) is 0 Å². The Morgan fingerprint density at radius 3 is 2.35 bits per heavy atom. The molecule has 0 spiro atoms. The SMILES string of the molecule is COC(=O)CCNC(=O)C1SC(=NC(=O)c2ccc(C(N)=NCCCC(=O)OC3CCCCC3)cc2)N(Cc2ccccc2)C1C. The number of hydrogen-bond acceptors (Lipinski definition) is 8. The van der Waals surface area contributed by atoms with E-state index in [0.717, 1.165) is 31.2 Å². The van der Waals surface area contributed by atoms with Gasteiger partial charge in [-0.1, -0.05) is 60.6 Å². The molecule has 1 aliphatic carbocycles. The molecule has 4 rings (SSSR count). The lowest BCUT2D eigenvalue weighted by molar-refractivity contribution is -0.150. The molecule has 2 unspecified atom stereocenters. The number of ether oxygens (including phenoxy) is 2. The maximum atomic E-state index is 13.3. The maximum absolute atomic E-state index is 13.3. The van der Waals surface area contributed by atoms with Crippen molar-refractivity contribution in [3.63, 3.8) is 0 Å². The number of methoxy groups -OCH3 is 1. The molecule has 2 aromatic carbocycles. The zero-order valence-electron chi connectivity index (χ0n) is 26.5. The summed E-state index contributed by atoms with van der Waals surface area (Å²) in [5.41, 5.74) is 8.22. The summed E-state index contributed by atoms with van der Waals surface area (Å²) in [6, 6.07) is 16.2. The molecule has 2 atom stereocenters. The maximum Gasteiger partial charge on any atom is 0.307 e. The van der Waals surface area contributed by atoms with E-state index in [1.165, 1.54) is 25.3 Å². The number of esters is 2. The summed E-state index contributed by atoms with van der Waals surface area (Å²) in [6.45, 7) is 2.94. The van der Waals surface area contributed by atoms with Crippen LogP contribution >= 0.6 is 11.8 Å². The Labute approximate surface area is 274 Å². The van der Waals surface area contributed by atoms with E-state index in [2.05, 4.69) is 20.0 Å². The minimum atomic E-state index is -0.527. The molecule has 0 radical (unpaired) electrons. The molecule has 1 heterocycles. The van der Waals surface area contributed by atoms with E-state index < -0.39 is 17.1 Å². The van der Waals surface area contributed by atoms with Gasteiger partial charge in [0.2, 0.25) is 5.91 Å². The second kappa shape index (κ2) is 17.5. The van der Waals surface area contributed by atoms with Crippen LogP contribution in [-0.4, -0.2) is 77.3 Å². The van der Waals surface area contributed by atoms with Crippen molar-refractivity contribution in [3.8, 4) is 0 Å². The van der Waals surface area contributed by atoms with Crippen molar-refractivity contribution in [1.82, 2.24) is 10.2 Å². The Hall–Kier alpha value is -4.19. The van der Waals surface area contributed by atoms with Crippen molar-refractivity contribution in [2.24, 2.45) is 15.7 Å². The molecule has 0 aromatic heterocycles. The Morgan fingerprint density at radius 1 is 0.957 bits per heavy atom. The Bertz CT molecular complexity index is 1410. The number of benzene rings is 2. The third kappa shape index (κ3) is 10.2. The summed E-state index contributed by atoms with van der Waals surface area (Å²) in [7, 11) is 1.30. The Kier molecular flexibility index (Phi) is 13.2. The summed E-state index contributed by atoms with van der Waals surface area (Å²) in [5, 5.41) is 2.71. The standard InChI is InChI=1S/C34H43N5O6S/c1-23-30(33(43)37-21-19-28(40)44-2)46-34(39(23)22-24-10-5-3-6-11-24)38-32(42)26-17-15-25(16-18-26)31(35)36-20-9-14-29(41)45-27-12-7-4-8-13-27/h3,5-6,10-11,15-18,23,27,30H,4,7-9,12-14,19-22H2,1-2H3,(H2,35,36)(H,37,43). The lowest BCUT2D eigenvalue weighted by Gasteiger charge is -2.25. The number of nitrogens with two attached hydrogens (primary N) is 1. The molecule has 12 heteroatoms. The summed E-state index contributed by atoms with van der Waals surface area (Å²) < 4.78 is 10.2. The molecule has 0 bridgehead atoms. The van der Waals surface area contributed by atoms with Crippen LogP contribution in [0.15, 0.2) is 64.6 Å². The van der Waals surface area contributed by atoms with E-state index in [9.17, 15) is 19.2 Å². The highest BCUT2D eigenvalue weighted by atomic mass is 32.2. The largest absolute Gasteiger partial charge is 0.469 e. The van der Waals surface area contributed by atoms with Crippen LogP contribution < -0.4 is 11.1 Å². The molecule has 46 heavy (non-hydrogen) atoms. The second-order valence-electron chi connectivity index (χ2n) is 11.4. The molecule has 3 N–H and O–H groups in total. The molecule has 2 aliphatic rings. The number of thioether (sulfide) groups is 1. The van der Waals surface area contributed by atoms with Crippen LogP contribution in [0.4, 0.5) is 0 Å². The first-order valence-corrected chi connectivity index (χ1v) is 16.7. The molecule has 2 amide bonds. The van der Waals surface area contributed by atoms with Crippen molar-refractivity contribution in [3.05, 3.63) is 71.3 Å². The fourth-order valence-corrected chi connectivity index (χ4v) is 6.60. The molecule has 1 saturated carbocycles. The summed E-state index contributed by atoms with van der Waals surface area (Å²) in [6.07, 6.45) is 6.29. The number of amides is 2. The van der Waals surface area contributed by atoms with E-state index in [4.69, 9.17) is 10.5 Å². The smallest absolute Gasteiger partial charge is 0.307 e. The zero-order chi connectivity index (χ0) is 32.9. The number of nitrogens with zero attached hydrogens (tertiary/aromatic N) is 3. The molecule has 2 fully saturated rings. The monoisotopic (exact) mass is 649 g/mol. The van der Waals surface area contributed by atoms with Crippen molar-refractivity contribution in [1.29, 1.82) is 0 Å². The number of rotatable bonds is 13. The van der Waals surface area contributed by atoms with Gasteiger partial charge in [0.05, 0.1) is 13.5 Å². The number of amidine groups is 2. The van der Waals surface area contributed by atoms with Crippen LogP contribution in [0.3, 0.4) is 0 Å². The summed E-state index contributed by atoms with van der Waals surface area (Å²) in [5.74, 6) is -0.957. The first kappa shape index (κ1) is 34.7. The van der Waals surface area contributed by atoms with Gasteiger partial charge in [0.25, 0.3) is 5.91 Å². The van der Waals surface area contributed by atoms with Gasteiger partial charge in [-0.05, 0) is 56.7 Å². The second-order valence-corrected chi connectivity index (χ2v) is 12.5. The predicted octanol–water partition coefficient (Wildman–Crippen LogP) is 4.23. The fourth-order valence-electron chi connectivity index (χ4n) is 5.34. The highest BCUT2D eigenvalue weighted by Gasteiger charge is 2.41. The van der Waals surface area contributed by atoms with Gasteiger partial charge in [0.1, 0.15) is 17.2 Å². The predicted molar refractivity (Wildman–Crippen MR) is 178 cm³/mol. The van der Waals surface area contributed by atoms with Gasteiger partial charge in [-0.2, -0.15) is 4.99 Å². The van der Waals surface area contributed by atoms with Gasteiger partial charge >= 0.3 is 11.9 Å². The lowest BCUT2D eigenvalue weighted by Crippen LogP contribution is -2.42. The molecular weight excluding hydrogens is 606 g/mol. The summed E-state index contributed by atoms with van der Waals surface area (Å²) >= 11 is 1.23. The number of nitrogens with one attached hydrogen (secondary N) is 1. The Morgan fingerprint density at radius 2 is 1.65 bits per heavy atom. The van der Waals surface area contributed by atoms with Gasteiger partial charge in [0, 0.05) is 43.2 Å². The first-order chi connectivity index (χ1) is 22.2. The quantitative estimate of drug-likeness (QED) is 0.141. The van der Waals surface area contributed by atoms with E-state index >= 15 is 0 Å². The average molecular weight is 650 g/mol. The van der Waals surface area contributed by atoms with Crippen LogP contribution in [-0.2, 0) is 30.4 Å².